The van der Waals surface area contributed by atoms with Gasteiger partial charge in [-0.3, -0.25) is 9.59 Å². The SMILES string of the molecule is COc1cccc(C(C(=O)NC2CCCC2)N(Cc2ccc(C)cc2)C(=O)Cc2cccs2)c1. The first kappa shape index (κ1) is 24.0. The van der Waals surface area contributed by atoms with Gasteiger partial charge in [-0.25, -0.2) is 0 Å². The van der Waals surface area contributed by atoms with Crippen molar-refractivity contribution in [2.75, 3.05) is 7.11 Å². The van der Waals surface area contributed by atoms with Gasteiger partial charge in [-0.05, 0) is 54.5 Å². The van der Waals surface area contributed by atoms with Crippen molar-refractivity contribution < 1.29 is 14.3 Å². The number of nitrogens with zero attached hydrogens (tertiary/aromatic N) is 1. The minimum absolute atomic E-state index is 0.0718. The molecule has 1 aliphatic carbocycles. The van der Waals surface area contributed by atoms with E-state index >= 15 is 0 Å². The maximum atomic E-state index is 13.7. The predicted molar refractivity (Wildman–Crippen MR) is 136 cm³/mol. The van der Waals surface area contributed by atoms with Crippen LogP contribution in [0.2, 0.25) is 0 Å². The zero-order chi connectivity index (χ0) is 23.9. The van der Waals surface area contributed by atoms with Gasteiger partial charge in [0.25, 0.3) is 0 Å². The lowest BCUT2D eigenvalue weighted by Crippen LogP contribution is -2.46. The van der Waals surface area contributed by atoms with E-state index in [1.54, 1.807) is 23.3 Å². The average Bonchev–Trinajstić information content (AvgIpc) is 3.54. The number of amides is 2. The highest BCUT2D eigenvalue weighted by Gasteiger charge is 2.33. The number of aryl methyl sites for hydroxylation is 1. The summed E-state index contributed by atoms with van der Waals surface area (Å²) < 4.78 is 5.44. The fourth-order valence-corrected chi connectivity index (χ4v) is 5.21. The summed E-state index contributed by atoms with van der Waals surface area (Å²) in [5.41, 5.74) is 2.90. The highest BCUT2D eigenvalue weighted by atomic mass is 32.1. The Morgan fingerprint density at radius 2 is 1.85 bits per heavy atom. The van der Waals surface area contributed by atoms with E-state index in [2.05, 4.69) is 5.32 Å². The van der Waals surface area contributed by atoms with Crippen molar-refractivity contribution in [1.29, 1.82) is 0 Å². The molecule has 0 radical (unpaired) electrons. The van der Waals surface area contributed by atoms with Crippen molar-refractivity contribution in [2.45, 2.75) is 57.7 Å². The van der Waals surface area contributed by atoms with Crippen molar-refractivity contribution in [2.24, 2.45) is 0 Å². The van der Waals surface area contributed by atoms with Crippen LogP contribution in [0.15, 0.2) is 66.0 Å². The van der Waals surface area contributed by atoms with Gasteiger partial charge in [0, 0.05) is 17.5 Å². The smallest absolute Gasteiger partial charge is 0.247 e. The van der Waals surface area contributed by atoms with Crippen LogP contribution in [-0.2, 0) is 22.6 Å². The molecule has 4 rings (SSSR count). The third kappa shape index (κ3) is 6.06. The molecule has 1 unspecified atom stereocenters. The highest BCUT2D eigenvalue weighted by molar-refractivity contribution is 7.10. The van der Waals surface area contributed by atoms with Crippen LogP contribution in [0.3, 0.4) is 0 Å². The number of nitrogens with one attached hydrogen (secondary N) is 1. The Balaban J connectivity index is 1.71. The molecule has 0 saturated heterocycles. The van der Waals surface area contributed by atoms with Crippen LogP contribution in [0.4, 0.5) is 0 Å². The zero-order valence-electron chi connectivity index (χ0n) is 19.8. The maximum absolute atomic E-state index is 13.7. The van der Waals surface area contributed by atoms with Gasteiger partial charge >= 0.3 is 0 Å². The molecule has 1 N–H and O–H groups in total. The second-order valence-electron chi connectivity index (χ2n) is 8.93. The van der Waals surface area contributed by atoms with Crippen LogP contribution in [0.25, 0.3) is 0 Å². The van der Waals surface area contributed by atoms with E-state index in [-0.39, 0.29) is 24.3 Å². The van der Waals surface area contributed by atoms with Crippen LogP contribution >= 0.6 is 11.3 Å². The third-order valence-electron chi connectivity index (χ3n) is 6.37. The number of ether oxygens (including phenoxy) is 1. The predicted octanol–water partition coefficient (Wildman–Crippen LogP) is 5.44. The number of carbonyl (C=O) groups excluding carboxylic acids is 2. The first-order valence-electron chi connectivity index (χ1n) is 11.8. The first-order chi connectivity index (χ1) is 16.5. The topological polar surface area (TPSA) is 58.6 Å². The molecule has 2 amide bonds. The lowest BCUT2D eigenvalue weighted by Gasteiger charge is -2.32. The van der Waals surface area contributed by atoms with Crippen LogP contribution in [-0.4, -0.2) is 29.9 Å². The van der Waals surface area contributed by atoms with E-state index in [9.17, 15) is 9.59 Å². The van der Waals surface area contributed by atoms with Crippen molar-refractivity contribution in [3.05, 3.63) is 87.6 Å². The largest absolute Gasteiger partial charge is 0.497 e. The molecule has 1 heterocycles. The van der Waals surface area contributed by atoms with Crippen LogP contribution in [0.1, 0.15) is 53.3 Å². The van der Waals surface area contributed by atoms with E-state index in [4.69, 9.17) is 4.74 Å². The van der Waals surface area contributed by atoms with Gasteiger partial charge in [0.05, 0.1) is 13.5 Å². The lowest BCUT2D eigenvalue weighted by molar-refractivity contribution is -0.141. The van der Waals surface area contributed by atoms with E-state index < -0.39 is 6.04 Å². The summed E-state index contributed by atoms with van der Waals surface area (Å²) >= 11 is 1.56. The molecule has 6 heteroatoms. The van der Waals surface area contributed by atoms with Crippen molar-refractivity contribution in [3.63, 3.8) is 0 Å². The Kier molecular flexibility index (Phi) is 8.01. The Labute approximate surface area is 205 Å². The zero-order valence-corrected chi connectivity index (χ0v) is 20.6. The van der Waals surface area contributed by atoms with Crippen molar-refractivity contribution in [3.8, 4) is 5.75 Å². The van der Waals surface area contributed by atoms with Gasteiger partial charge in [0.2, 0.25) is 11.8 Å². The summed E-state index contributed by atoms with van der Waals surface area (Å²) in [5, 5.41) is 5.20. The van der Waals surface area contributed by atoms with Gasteiger partial charge in [0.15, 0.2) is 0 Å². The standard InChI is InChI=1S/C28H32N2O3S/c1-20-12-14-21(15-13-20)19-30(26(31)18-25-11-6-16-34-25)27(22-7-5-10-24(17-22)33-2)28(32)29-23-8-3-4-9-23/h5-7,10-17,23,27H,3-4,8-9,18-19H2,1-2H3,(H,29,32). The fraction of sp³-hybridized carbons (Fsp3) is 0.357. The molecule has 1 aromatic heterocycles. The van der Waals surface area contributed by atoms with E-state index in [1.165, 1.54) is 0 Å². The molecule has 0 bridgehead atoms. The molecule has 1 fully saturated rings. The molecule has 3 aromatic rings. The minimum atomic E-state index is -0.746. The van der Waals surface area contributed by atoms with Crippen molar-refractivity contribution >= 4 is 23.2 Å². The molecule has 34 heavy (non-hydrogen) atoms. The lowest BCUT2D eigenvalue weighted by atomic mass is 10.0. The molecule has 1 atom stereocenters. The van der Waals surface area contributed by atoms with Crippen LogP contribution < -0.4 is 10.1 Å². The summed E-state index contributed by atoms with van der Waals surface area (Å²) in [6.07, 6.45) is 4.48. The summed E-state index contributed by atoms with van der Waals surface area (Å²) in [6.45, 7) is 2.39. The van der Waals surface area contributed by atoms with Crippen molar-refractivity contribution in [1.82, 2.24) is 10.2 Å². The Morgan fingerprint density at radius 1 is 1.09 bits per heavy atom. The number of methoxy groups -OCH3 is 1. The molecule has 2 aromatic carbocycles. The average molecular weight is 477 g/mol. The second-order valence-corrected chi connectivity index (χ2v) is 9.96. The molecule has 1 aliphatic rings. The van der Waals surface area contributed by atoms with Gasteiger partial charge in [-0.15, -0.1) is 11.3 Å². The van der Waals surface area contributed by atoms with E-state index in [0.717, 1.165) is 47.3 Å². The molecule has 178 valence electrons. The van der Waals surface area contributed by atoms with Gasteiger partial charge in [-0.2, -0.15) is 0 Å². The number of hydrogen-bond acceptors (Lipinski definition) is 4. The second kappa shape index (κ2) is 11.3. The monoisotopic (exact) mass is 476 g/mol. The summed E-state index contributed by atoms with van der Waals surface area (Å²) in [6, 6.07) is 18.9. The fourth-order valence-electron chi connectivity index (χ4n) is 4.51. The number of thiophene rings is 1. The number of benzene rings is 2. The maximum Gasteiger partial charge on any atom is 0.247 e. The number of hydrogen-bond donors (Lipinski definition) is 1. The van der Waals surface area contributed by atoms with E-state index in [1.807, 2.05) is 73.0 Å². The van der Waals surface area contributed by atoms with Crippen LogP contribution in [0.5, 0.6) is 5.75 Å². The minimum Gasteiger partial charge on any atom is -0.497 e. The highest BCUT2D eigenvalue weighted by Crippen LogP contribution is 2.29. The quantitative estimate of drug-likeness (QED) is 0.448. The van der Waals surface area contributed by atoms with Gasteiger partial charge in [-0.1, -0.05) is 60.9 Å². The Morgan fingerprint density at radius 3 is 2.53 bits per heavy atom. The number of carbonyl (C=O) groups is 2. The summed E-state index contributed by atoms with van der Waals surface area (Å²) in [4.78, 5) is 30.2. The Hall–Kier alpha value is -3.12. The molecular weight excluding hydrogens is 444 g/mol. The molecule has 0 aliphatic heterocycles. The van der Waals surface area contributed by atoms with Crippen LogP contribution in [0, 0.1) is 6.92 Å². The van der Waals surface area contributed by atoms with Gasteiger partial charge < -0.3 is 15.0 Å². The molecule has 0 spiro atoms. The first-order valence-corrected chi connectivity index (χ1v) is 12.7. The van der Waals surface area contributed by atoms with E-state index in [0.29, 0.717) is 12.3 Å². The van der Waals surface area contributed by atoms with Gasteiger partial charge in [0.1, 0.15) is 11.8 Å². The summed E-state index contributed by atoms with van der Waals surface area (Å²) in [7, 11) is 1.61. The summed E-state index contributed by atoms with van der Waals surface area (Å²) in [5.74, 6) is 0.460. The molecular formula is C28H32N2O3S. The Bertz CT molecular complexity index is 1090. The molecule has 5 nitrogen and oxygen atoms in total. The number of rotatable bonds is 9. The third-order valence-corrected chi connectivity index (χ3v) is 7.25. The molecule has 1 saturated carbocycles. The normalized spacial score (nSPS) is 14.5.